The lowest BCUT2D eigenvalue weighted by Crippen LogP contribution is -2.41. The Bertz CT molecular complexity index is 899. The molecular weight excluding hydrogens is 418 g/mol. The number of rotatable bonds is 9. The number of carbonyl (C=O) groups excluding carboxylic acids is 2. The number of nitrogens with zero attached hydrogens (tertiary/aromatic N) is 3. The molecule has 2 rings (SSSR count). The Morgan fingerprint density at radius 2 is 1.90 bits per heavy atom. The van der Waals surface area contributed by atoms with E-state index in [1.54, 1.807) is 31.1 Å². The van der Waals surface area contributed by atoms with Crippen molar-refractivity contribution in [1.29, 1.82) is 0 Å². The molecule has 1 aromatic rings. The number of anilines is 1. The Morgan fingerprint density at radius 3 is 2.61 bits per heavy atom. The Labute approximate surface area is 184 Å². The number of amides is 2. The number of nitrogens with one attached hydrogen (secondary N) is 2. The second kappa shape index (κ2) is 11.8. The average molecular weight is 452 g/mol. The Morgan fingerprint density at radius 1 is 1.13 bits per heavy atom. The first-order valence-corrected chi connectivity index (χ1v) is 12.1. The highest BCUT2D eigenvalue weighted by Gasteiger charge is 2.19. The molecule has 10 heteroatoms. The van der Waals surface area contributed by atoms with E-state index in [-0.39, 0.29) is 29.8 Å². The maximum absolute atomic E-state index is 12.7. The lowest BCUT2D eigenvalue weighted by molar-refractivity contribution is -0.130. The molecule has 1 aromatic carbocycles. The molecule has 1 aliphatic heterocycles. The highest BCUT2D eigenvalue weighted by atomic mass is 32.2. The lowest BCUT2D eigenvalue weighted by Gasteiger charge is -2.22. The molecule has 0 aliphatic carbocycles. The molecule has 0 atom stereocenters. The fraction of sp³-hybridized carbons (Fsp3) is 0.571. The molecule has 0 saturated carbocycles. The molecule has 1 aliphatic rings. The summed E-state index contributed by atoms with van der Waals surface area (Å²) in [5.74, 6) is 0.0882. The summed E-state index contributed by atoms with van der Waals surface area (Å²) in [5, 5.41) is 2.73. The molecule has 2 N–H and O–H groups in total. The van der Waals surface area contributed by atoms with Gasteiger partial charge >= 0.3 is 0 Å². The number of amidine groups is 1. The van der Waals surface area contributed by atoms with Crippen LogP contribution < -0.4 is 10.0 Å². The van der Waals surface area contributed by atoms with Crippen LogP contribution >= 0.6 is 0 Å². The zero-order valence-electron chi connectivity index (χ0n) is 18.6. The topological polar surface area (TPSA) is 111 Å². The molecule has 31 heavy (non-hydrogen) atoms. The van der Waals surface area contributed by atoms with Crippen LogP contribution in [0.2, 0.25) is 0 Å². The molecule has 2 amide bonds. The minimum Gasteiger partial charge on any atom is -0.348 e. The maximum Gasteiger partial charge on any atom is 0.262 e. The summed E-state index contributed by atoms with van der Waals surface area (Å²) in [6.45, 7) is 3.39. The highest BCUT2D eigenvalue weighted by molar-refractivity contribution is 7.90. The van der Waals surface area contributed by atoms with Crippen LogP contribution in [0.3, 0.4) is 0 Å². The van der Waals surface area contributed by atoms with E-state index >= 15 is 0 Å². The largest absolute Gasteiger partial charge is 0.348 e. The van der Waals surface area contributed by atoms with E-state index in [0.717, 1.165) is 25.7 Å². The number of hydrogen-bond donors (Lipinski definition) is 2. The van der Waals surface area contributed by atoms with E-state index < -0.39 is 10.0 Å². The maximum atomic E-state index is 12.7. The van der Waals surface area contributed by atoms with E-state index in [2.05, 4.69) is 15.0 Å². The van der Waals surface area contributed by atoms with Crippen molar-refractivity contribution in [2.75, 3.05) is 45.6 Å². The number of aliphatic imine (C=N–C) groups is 1. The van der Waals surface area contributed by atoms with Crippen molar-refractivity contribution in [2.45, 2.75) is 43.9 Å². The zero-order valence-corrected chi connectivity index (χ0v) is 19.4. The first-order chi connectivity index (χ1) is 14.7. The van der Waals surface area contributed by atoms with Gasteiger partial charge in [0.15, 0.2) is 0 Å². The van der Waals surface area contributed by atoms with E-state index in [0.29, 0.717) is 31.0 Å². The number of benzene rings is 1. The minimum atomic E-state index is -3.78. The van der Waals surface area contributed by atoms with E-state index in [1.807, 2.05) is 6.92 Å². The number of sulfonamides is 1. The van der Waals surface area contributed by atoms with Crippen LogP contribution in [0.1, 0.15) is 39.0 Å². The van der Waals surface area contributed by atoms with Crippen LogP contribution in [-0.4, -0.2) is 76.1 Å². The van der Waals surface area contributed by atoms with Gasteiger partial charge in [-0.05, 0) is 44.0 Å². The van der Waals surface area contributed by atoms with Gasteiger partial charge in [0.25, 0.3) is 10.0 Å². The summed E-state index contributed by atoms with van der Waals surface area (Å²) in [5.41, 5.74) is 0.381. The first-order valence-electron chi connectivity index (χ1n) is 10.6. The van der Waals surface area contributed by atoms with Crippen molar-refractivity contribution in [3.8, 4) is 0 Å². The molecule has 0 saturated heterocycles. The average Bonchev–Trinajstić information content (AvgIpc) is 2.96. The van der Waals surface area contributed by atoms with Crippen molar-refractivity contribution < 1.29 is 18.0 Å². The van der Waals surface area contributed by atoms with E-state index in [4.69, 9.17) is 0 Å². The monoisotopic (exact) mass is 451 g/mol. The smallest absolute Gasteiger partial charge is 0.262 e. The number of carbonyl (C=O) groups is 2. The van der Waals surface area contributed by atoms with Crippen LogP contribution in [-0.2, 0) is 19.6 Å². The molecule has 0 radical (unpaired) electrons. The van der Waals surface area contributed by atoms with Gasteiger partial charge in [-0.2, -0.15) is 0 Å². The van der Waals surface area contributed by atoms with Crippen molar-refractivity contribution >= 4 is 33.4 Å². The molecule has 0 unspecified atom stereocenters. The summed E-state index contributed by atoms with van der Waals surface area (Å²) < 4.78 is 28.1. The molecule has 1 heterocycles. The molecule has 0 bridgehead atoms. The lowest BCUT2D eigenvalue weighted by atomic mass is 10.2. The zero-order chi connectivity index (χ0) is 22.9. The van der Waals surface area contributed by atoms with Gasteiger partial charge in [-0.15, -0.1) is 0 Å². The van der Waals surface area contributed by atoms with Gasteiger partial charge in [0.2, 0.25) is 11.8 Å². The quantitative estimate of drug-likeness (QED) is 0.593. The predicted octanol–water partition coefficient (Wildman–Crippen LogP) is 1.68. The predicted molar refractivity (Wildman–Crippen MR) is 122 cm³/mol. The van der Waals surface area contributed by atoms with Crippen LogP contribution in [0.25, 0.3) is 0 Å². The third kappa shape index (κ3) is 8.29. The summed E-state index contributed by atoms with van der Waals surface area (Å²) in [6.07, 6.45) is 4.31. The molecule has 9 nitrogen and oxygen atoms in total. The van der Waals surface area contributed by atoms with Crippen molar-refractivity contribution in [3.05, 3.63) is 24.3 Å². The third-order valence-electron chi connectivity index (χ3n) is 4.82. The van der Waals surface area contributed by atoms with Crippen LogP contribution in [0.15, 0.2) is 34.2 Å². The standard InChI is InChI=1S/C21H33N5O4S/c1-4-13-26(16-21(28)25(2)3)15-20(27)23-17-9-8-10-18(14-17)31(29,30)24-19-11-6-5-7-12-22-19/h8-10,14H,4-7,11-13,15-16H2,1-3H3,(H,22,24)(H,23,27). The number of hydrogen-bond acceptors (Lipinski definition) is 6. The fourth-order valence-electron chi connectivity index (χ4n) is 3.18. The van der Waals surface area contributed by atoms with Crippen molar-refractivity contribution in [1.82, 2.24) is 14.5 Å². The Hall–Kier alpha value is -2.46. The van der Waals surface area contributed by atoms with Gasteiger partial charge in [0.05, 0.1) is 18.0 Å². The van der Waals surface area contributed by atoms with Crippen molar-refractivity contribution in [2.24, 2.45) is 4.99 Å². The van der Waals surface area contributed by atoms with E-state index in [1.165, 1.54) is 17.0 Å². The molecule has 0 aromatic heterocycles. The second-order valence-electron chi connectivity index (χ2n) is 7.82. The summed E-state index contributed by atoms with van der Waals surface area (Å²) in [6, 6.07) is 6.12. The van der Waals surface area contributed by atoms with Gasteiger partial charge < -0.3 is 10.2 Å². The summed E-state index contributed by atoms with van der Waals surface area (Å²) in [7, 11) is -0.437. The summed E-state index contributed by atoms with van der Waals surface area (Å²) >= 11 is 0. The van der Waals surface area contributed by atoms with Gasteiger partial charge in [0, 0.05) is 32.7 Å². The molecule has 172 valence electrons. The Balaban J connectivity index is 2.04. The van der Waals surface area contributed by atoms with Gasteiger partial charge in [-0.3, -0.25) is 24.2 Å². The molecule has 0 spiro atoms. The fourth-order valence-corrected chi connectivity index (χ4v) is 4.31. The van der Waals surface area contributed by atoms with Crippen LogP contribution in [0.4, 0.5) is 5.69 Å². The Kier molecular flexibility index (Phi) is 9.44. The third-order valence-corrected chi connectivity index (χ3v) is 6.20. The highest BCUT2D eigenvalue weighted by Crippen LogP contribution is 2.16. The minimum absolute atomic E-state index is 0.0411. The number of likely N-dealkylation sites (N-methyl/N-ethyl adjacent to an activating group) is 1. The van der Waals surface area contributed by atoms with Gasteiger partial charge in [0.1, 0.15) is 5.84 Å². The van der Waals surface area contributed by atoms with Gasteiger partial charge in [-0.1, -0.05) is 19.4 Å². The van der Waals surface area contributed by atoms with Crippen molar-refractivity contribution in [3.63, 3.8) is 0 Å². The molecule has 0 fully saturated rings. The van der Waals surface area contributed by atoms with Crippen LogP contribution in [0.5, 0.6) is 0 Å². The second-order valence-corrected chi connectivity index (χ2v) is 9.50. The van der Waals surface area contributed by atoms with E-state index in [9.17, 15) is 18.0 Å². The SMILES string of the molecule is CCCN(CC(=O)Nc1cccc(S(=O)(=O)NC2=NCCCCC2)c1)CC(=O)N(C)C. The summed E-state index contributed by atoms with van der Waals surface area (Å²) in [4.78, 5) is 32.1. The van der Waals surface area contributed by atoms with Gasteiger partial charge in [-0.25, -0.2) is 8.42 Å². The van der Waals surface area contributed by atoms with Crippen LogP contribution in [0, 0.1) is 0 Å². The first kappa shape index (κ1) is 24.8. The normalized spacial score (nSPS) is 14.5. The molecular formula is C21H33N5O4S.